The molecule has 0 aliphatic carbocycles. The summed E-state index contributed by atoms with van der Waals surface area (Å²) in [5, 5.41) is 0. The molecule has 5 heteroatoms. The zero-order valence-electron chi connectivity index (χ0n) is 13.3. The van der Waals surface area contributed by atoms with Crippen molar-refractivity contribution in [2.45, 2.75) is 13.0 Å². The molecule has 0 saturated carbocycles. The summed E-state index contributed by atoms with van der Waals surface area (Å²) >= 11 is 3.30. The Morgan fingerprint density at radius 1 is 1.25 bits per heavy atom. The van der Waals surface area contributed by atoms with Crippen molar-refractivity contribution < 1.29 is 13.9 Å². The lowest BCUT2D eigenvalue weighted by Gasteiger charge is -2.28. The Hall–Kier alpha value is -2.14. The van der Waals surface area contributed by atoms with E-state index in [4.69, 9.17) is 4.74 Å². The van der Waals surface area contributed by atoms with E-state index in [0.717, 1.165) is 22.2 Å². The topological polar surface area (TPSA) is 29.5 Å². The molecule has 24 heavy (non-hydrogen) atoms. The maximum Gasteiger partial charge on any atom is 0.246 e. The minimum Gasteiger partial charge on any atom is -0.497 e. The molecule has 0 saturated heterocycles. The number of methoxy groups -OCH3 is 1. The number of amides is 1. The van der Waals surface area contributed by atoms with Crippen LogP contribution in [-0.4, -0.2) is 24.5 Å². The van der Waals surface area contributed by atoms with Crippen LogP contribution in [0.1, 0.15) is 16.7 Å². The second-order valence-corrected chi connectivity index (χ2v) is 6.56. The molecular weight excluding hydrogens is 373 g/mol. The molecule has 0 spiro atoms. The third-order valence-electron chi connectivity index (χ3n) is 4.10. The Morgan fingerprint density at radius 3 is 2.88 bits per heavy atom. The smallest absolute Gasteiger partial charge is 0.246 e. The van der Waals surface area contributed by atoms with Crippen molar-refractivity contribution in [3.8, 4) is 5.75 Å². The fraction of sp³-hybridized carbons (Fsp3) is 0.211. The quantitative estimate of drug-likeness (QED) is 0.736. The molecule has 1 aliphatic rings. The van der Waals surface area contributed by atoms with Gasteiger partial charge in [-0.3, -0.25) is 4.79 Å². The lowest BCUT2D eigenvalue weighted by atomic mass is 9.99. The van der Waals surface area contributed by atoms with E-state index in [0.29, 0.717) is 18.7 Å². The normalized spacial score (nSPS) is 13.9. The van der Waals surface area contributed by atoms with E-state index >= 15 is 0 Å². The molecule has 2 aromatic rings. The fourth-order valence-electron chi connectivity index (χ4n) is 2.76. The van der Waals surface area contributed by atoms with E-state index < -0.39 is 0 Å². The van der Waals surface area contributed by atoms with Gasteiger partial charge < -0.3 is 9.64 Å². The van der Waals surface area contributed by atoms with Crippen molar-refractivity contribution in [3.63, 3.8) is 0 Å². The van der Waals surface area contributed by atoms with E-state index in [1.807, 2.05) is 18.2 Å². The van der Waals surface area contributed by atoms with Crippen molar-refractivity contribution in [1.82, 2.24) is 4.90 Å². The molecular formula is C19H17BrFNO2. The first kappa shape index (κ1) is 16.7. The minimum atomic E-state index is -0.351. The Labute approximate surface area is 148 Å². The third kappa shape index (κ3) is 3.67. The van der Waals surface area contributed by atoms with E-state index in [1.165, 1.54) is 23.8 Å². The highest BCUT2D eigenvalue weighted by atomic mass is 79.9. The predicted octanol–water partition coefficient (Wildman–Crippen LogP) is 4.19. The maximum absolute atomic E-state index is 13.7. The van der Waals surface area contributed by atoms with Gasteiger partial charge in [0.25, 0.3) is 0 Å². The number of ether oxygens (including phenoxy) is 1. The predicted molar refractivity (Wildman–Crippen MR) is 95.2 cm³/mol. The van der Waals surface area contributed by atoms with Crippen molar-refractivity contribution in [1.29, 1.82) is 0 Å². The molecule has 3 nitrogen and oxygen atoms in total. The third-order valence-corrected chi connectivity index (χ3v) is 4.59. The van der Waals surface area contributed by atoms with Gasteiger partial charge in [-0.05, 0) is 54.0 Å². The standard InChI is InChI=1S/C19H17BrFNO2/c1-24-17-5-2-13-8-9-22(12-15(13)11-17)19(23)7-3-14-10-16(20)4-6-18(14)21/h2-7,10-11H,8-9,12H2,1H3/b7-3+. The van der Waals surface area contributed by atoms with Crippen LogP contribution >= 0.6 is 15.9 Å². The molecule has 2 aromatic carbocycles. The molecule has 1 amide bonds. The van der Waals surface area contributed by atoms with Crippen LogP contribution in [0.4, 0.5) is 4.39 Å². The first-order chi connectivity index (χ1) is 11.6. The molecule has 3 rings (SSSR count). The number of nitrogens with zero attached hydrogens (tertiary/aromatic N) is 1. The van der Waals surface area contributed by atoms with Gasteiger partial charge in [-0.15, -0.1) is 0 Å². The van der Waals surface area contributed by atoms with Crippen molar-refractivity contribution in [2.75, 3.05) is 13.7 Å². The molecule has 0 aromatic heterocycles. The molecule has 0 N–H and O–H groups in total. The van der Waals surface area contributed by atoms with Gasteiger partial charge in [-0.25, -0.2) is 4.39 Å². The average molecular weight is 390 g/mol. The summed E-state index contributed by atoms with van der Waals surface area (Å²) in [4.78, 5) is 14.2. The highest BCUT2D eigenvalue weighted by Crippen LogP contribution is 2.24. The van der Waals surface area contributed by atoms with Gasteiger partial charge in [0.05, 0.1) is 7.11 Å². The van der Waals surface area contributed by atoms with Gasteiger partial charge in [-0.1, -0.05) is 22.0 Å². The largest absolute Gasteiger partial charge is 0.497 e. The summed E-state index contributed by atoms with van der Waals surface area (Å²) in [6.07, 6.45) is 3.75. The van der Waals surface area contributed by atoms with Crippen molar-refractivity contribution >= 4 is 27.9 Å². The lowest BCUT2D eigenvalue weighted by molar-refractivity contribution is -0.126. The van der Waals surface area contributed by atoms with Crippen LogP contribution in [0.5, 0.6) is 5.75 Å². The van der Waals surface area contributed by atoms with Crippen LogP contribution in [0.2, 0.25) is 0 Å². The van der Waals surface area contributed by atoms with Crippen molar-refractivity contribution in [3.05, 3.63) is 69.5 Å². The first-order valence-corrected chi connectivity index (χ1v) is 8.44. The van der Waals surface area contributed by atoms with Gasteiger partial charge >= 0.3 is 0 Å². The summed E-state index contributed by atoms with van der Waals surface area (Å²) in [5.41, 5.74) is 2.72. The Balaban J connectivity index is 1.74. The lowest BCUT2D eigenvalue weighted by Crippen LogP contribution is -2.34. The summed E-state index contributed by atoms with van der Waals surface area (Å²) in [6.45, 7) is 1.19. The highest BCUT2D eigenvalue weighted by Gasteiger charge is 2.19. The van der Waals surface area contributed by atoms with Gasteiger partial charge in [0.1, 0.15) is 11.6 Å². The minimum absolute atomic E-state index is 0.122. The fourth-order valence-corrected chi connectivity index (χ4v) is 3.14. The number of fused-ring (bicyclic) bond motifs is 1. The van der Waals surface area contributed by atoms with Crippen molar-refractivity contribution in [2.24, 2.45) is 0 Å². The monoisotopic (exact) mass is 389 g/mol. The molecule has 1 aliphatic heterocycles. The van der Waals surface area contributed by atoms with Crippen LogP contribution in [0, 0.1) is 5.82 Å². The van der Waals surface area contributed by atoms with E-state index in [2.05, 4.69) is 15.9 Å². The summed E-state index contributed by atoms with van der Waals surface area (Å²) < 4.78 is 19.7. The van der Waals surface area contributed by atoms with Crippen LogP contribution in [0.3, 0.4) is 0 Å². The van der Waals surface area contributed by atoms with Gasteiger partial charge in [0.15, 0.2) is 0 Å². The Kier molecular flexibility index (Phi) is 5.00. The molecule has 1 heterocycles. The number of rotatable bonds is 3. The number of halogens is 2. The first-order valence-electron chi connectivity index (χ1n) is 7.64. The highest BCUT2D eigenvalue weighted by molar-refractivity contribution is 9.10. The molecule has 0 unspecified atom stereocenters. The van der Waals surface area contributed by atoms with Crippen LogP contribution in [-0.2, 0) is 17.8 Å². The van der Waals surface area contributed by atoms with Crippen LogP contribution < -0.4 is 4.74 Å². The Morgan fingerprint density at radius 2 is 2.08 bits per heavy atom. The molecule has 124 valence electrons. The number of carbonyl (C=O) groups excluding carboxylic acids is 1. The van der Waals surface area contributed by atoms with Crippen LogP contribution in [0.25, 0.3) is 6.08 Å². The average Bonchev–Trinajstić information content (AvgIpc) is 2.61. The Bertz CT molecular complexity index is 804. The summed E-state index contributed by atoms with van der Waals surface area (Å²) in [6, 6.07) is 10.6. The molecule has 0 bridgehead atoms. The van der Waals surface area contributed by atoms with E-state index in [1.54, 1.807) is 24.1 Å². The van der Waals surface area contributed by atoms with E-state index in [9.17, 15) is 9.18 Å². The molecule has 0 atom stereocenters. The number of hydrogen-bond donors (Lipinski definition) is 0. The van der Waals surface area contributed by atoms with Gasteiger partial charge in [0.2, 0.25) is 5.91 Å². The maximum atomic E-state index is 13.7. The zero-order chi connectivity index (χ0) is 17.1. The molecule has 0 radical (unpaired) electrons. The van der Waals surface area contributed by atoms with Gasteiger partial charge in [0, 0.05) is 29.2 Å². The van der Waals surface area contributed by atoms with E-state index in [-0.39, 0.29) is 11.7 Å². The SMILES string of the molecule is COc1ccc2c(c1)CN(C(=O)/C=C/c1cc(Br)ccc1F)CC2. The number of carbonyl (C=O) groups is 1. The second kappa shape index (κ2) is 7.18. The summed E-state index contributed by atoms with van der Waals surface area (Å²) in [7, 11) is 1.63. The van der Waals surface area contributed by atoms with Gasteiger partial charge in [-0.2, -0.15) is 0 Å². The second-order valence-electron chi connectivity index (χ2n) is 5.64. The zero-order valence-corrected chi connectivity index (χ0v) is 14.8. The summed E-state index contributed by atoms with van der Waals surface area (Å²) in [5.74, 6) is 0.314. The number of benzene rings is 2. The molecule has 0 fully saturated rings. The van der Waals surface area contributed by atoms with Crippen LogP contribution in [0.15, 0.2) is 46.9 Å². The number of hydrogen-bond acceptors (Lipinski definition) is 2.